The van der Waals surface area contributed by atoms with E-state index in [1.54, 1.807) is 0 Å². The molecule has 0 saturated carbocycles. The molecule has 0 atom stereocenters. The van der Waals surface area contributed by atoms with Crippen LogP contribution >= 0.6 is 34.8 Å². The largest absolute Gasteiger partial charge is 0.381 e. The first-order valence-electron chi connectivity index (χ1n) is 2.75. The maximum absolute atomic E-state index is 5.52. The highest BCUT2D eigenvalue weighted by atomic mass is 35.6. The minimum Gasteiger partial charge on any atom is -0.381 e. The van der Waals surface area contributed by atoms with E-state index in [2.05, 4.69) is 6.58 Å². The second kappa shape index (κ2) is 3.70. The number of hydrogen-bond acceptors (Lipinski definition) is 1. The Kier molecular flexibility index (Phi) is 3.85. The number of rotatable bonds is 2. The van der Waals surface area contributed by atoms with Gasteiger partial charge in [0.25, 0.3) is 0 Å². The first kappa shape index (κ1) is 10.4. The molecule has 0 radical (unpaired) electrons. The van der Waals surface area contributed by atoms with E-state index in [4.69, 9.17) is 34.8 Å². The van der Waals surface area contributed by atoms with Gasteiger partial charge in [-0.25, -0.2) is 0 Å². The van der Waals surface area contributed by atoms with Gasteiger partial charge in [0, 0.05) is 26.2 Å². The number of nitrogens with zero attached hydrogens (tertiary/aromatic N) is 1. The Labute approximate surface area is 76.5 Å². The van der Waals surface area contributed by atoms with Crippen LogP contribution in [0.3, 0.4) is 0 Å². The third kappa shape index (κ3) is 5.21. The van der Waals surface area contributed by atoms with E-state index in [9.17, 15) is 0 Å². The van der Waals surface area contributed by atoms with Crippen LogP contribution in [0.1, 0.15) is 6.42 Å². The Morgan fingerprint density at radius 2 is 1.80 bits per heavy atom. The van der Waals surface area contributed by atoms with Crippen LogP contribution in [0.25, 0.3) is 0 Å². The number of halogens is 3. The van der Waals surface area contributed by atoms with Crippen molar-refractivity contribution in [2.75, 3.05) is 14.1 Å². The Morgan fingerprint density at radius 1 is 1.40 bits per heavy atom. The second-order valence-electron chi connectivity index (χ2n) is 2.25. The fourth-order valence-electron chi connectivity index (χ4n) is 0.389. The summed E-state index contributed by atoms with van der Waals surface area (Å²) < 4.78 is -1.22. The monoisotopic (exact) mass is 201 g/mol. The molecule has 0 heterocycles. The summed E-state index contributed by atoms with van der Waals surface area (Å²) in [6, 6.07) is 0. The van der Waals surface area contributed by atoms with E-state index in [0.29, 0.717) is 6.42 Å². The van der Waals surface area contributed by atoms with Gasteiger partial charge in [0.15, 0.2) is 3.79 Å². The van der Waals surface area contributed by atoms with Crippen molar-refractivity contribution in [1.82, 2.24) is 4.90 Å². The standard InChI is InChI=1S/C6H10Cl3N/c1-5(10(2)3)4-6(7,8)9/h1,4H2,2-3H3. The average molecular weight is 203 g/mol. The number of allylic oxidation sites excluding steroid dienone is 1. The molecule has 10 heavy (non-hydrogen) atoms. The van der Waals surface area contributed by atoms with Gasteiger partial charge in [-0.2, -0.15) is 0 Å². The molecule has 0 bridgehead atoms. The average Bonchev–Trinajstić information content (AvgIpc) is 1.60. The molecule has 1 nitrogen and oxygen atoms in total. The molecular weight excluding hydrogens is 192 g/mol. The van der Waals surface area contributed by atoms with Crippen molar-refractivity contribution in [3.8, 4) is 0 Å². The van der Waals surface area contributed by atoms with Crippen LogP contribution in [0.4, 0.5) is 0 Å². The molecule has 0 N–H and O–H groups in total. The molecular formula is C6H10Cl3N. The quantitative estimate of drug-likeness (QED) is 0.623. The lowest BCUT2D eigenvalue weighted by atomic mass is 10.3. The summed E-state index contributed by atoms with van der Waals surface area (Å²) in [6.07, 6.45) is 0.366. The van der Waals surface area contributed by atoms with E-state index in [1.807, 2.05) is 19.0 Å². The zero-order valence-corrected chi connectivity index (χ0v) is 8.26. The molecule has 4 heteroatoms. The van der Waals surface area contributed by atoms with Crippen LogP contribution in [0, 0.1) is 0 Å². The zero-order valence-electron chi connectivity index (χ0n) is 6.00. The van der Waals surface area contributed by atoms with Crippen LogP contribution in [-0.4, -0.2) is 22.8 Å². The first-order chi connectivity index (χ1) is 4.33. The lowest BCUT2D eigenvalue weighted by molar-refractivity contribution is 0.491. The lowest BCUT2D eigenvalue weighted by Crippen LogP contribution is -2.15. The SMILES string of the molecule is C=C(CC(Cl)(Cl)Cl)N(C)C. The summed E-state index contributed by atoms with van der Waals surface area (Å²) >= 11 is 16.5. The van der Waals surface area contributed by atoms with Crippen LogP contribution in [0.5, 0.6) is 0 Å². The Hall–Kier alpha value is 0.410. The zero-order chi connectivity index (χ0) is 8.36. The van der Waals surface area contributed by atoms with Crippen LogP contribution in [-0.2, 0) is 0 Å². The third-order valence-electron chi connectivity index (χ3n) is 1.04. The fraction of sp³-hybridized carbons (Fsp3) is 0.667. The highest BCUT2D eigenvalue weighted by Gasteiger charge is 2.21. The predicted octanol–water partition coefficient (Wildman–Crippen LogP) is 2.82. The van der Waals surface area contributed by atoms with Crippen molar-refractivity contribution >= 4 is 34.8 Å². The molecule has 0 aliphatic rings. The molecule has 60 valence electrons. The van der Waals surface area contributed by atoms with Crippen molar-refractivity contribution in [1.29, 1.82) is 0 Å². The topological polar surface area (TPSA) is 3.24 Å². The van der Waals surface area contributed by atoms with Gasteiger partial charge in [0.1, 0.15) is 0 Å². The number of alkyl halides is 3. The molecule has 0 aromatic carbocycles. The normalized spacial score (nSPS) is 11.3. The maximum atomic E-state index is 5.52. The smallest absolute Gasteiger partial charge is 0.195 e. The van der Waals surface area contributed by atoms with Crippen molar-refractivity contribution in [3.63, 3.8) is 0 Å². The second-order valence-corrected chi connectivity index (χ2v) is 4.77. The van der Waals surface area contributed by atoms with E-state index < -0.39 is 3.79 Å². The van der Waals surface area contributed by atoms with Crippen molar-refractivity contribution in [2.24, 2.45) is 0 Å². The molecule has 0 aromatic heterocycles. The molecule has 0 aliphatic heterocycles. The van der Waals surface area contributed by atoms with Gasteiger partial charge < -0.3 is 4.90 Å². The summed E-state index contributed by atoms with van der Waals surface area (Å²) in [4.78, 5) is 1.82. The summed E-state index contributed by atoms with van der Waals surface area (Å²) in [7, 11) is 3.72. The summed E-state index contributed by atoms with van der Waals surface area (Å²) in [5.74, 6) is 0. The summed E-state index contributed by atoms with van der Waals surface area (Å²) in [6.45, 7) is 3.71. The minimum absolute atomic E-state index is 0.366. The number of hydrogen-bond donors (Lipinski definition) is 0. The van der Waals surface area contributed by atoms with Gasteiger partial charge in [-0.1, -0.05) is 41.4 Å². The van der Waals surface area contributed by atoms with E-state index in [0.717, 1.165) is 5.70 Å². The molecule has 0 saturated heterocycles. The molecule has 0 rings (SSSR count). The molecule has 0 spiro atoms. The van der Waals surface area contributed by atoms with Crippen LogP contribution in [0.2, 0.25) is 0 Å². The molecule has 0 aliphatic carbocycles. The van der Waals surface area contributed by atoms with Gasteiger partial charge in [-0.05, 0) is 0 Å². The van der Waals surface area contributed by atoms with Gasteiger partial charge in [0.05, 0.1) is 0 Å². The van der Waals surface area contributed by atoms with E-state index in [1.165, 1.54) is 0 Å². The minimum atomic E-state index is -1.22. The third-order valence-corrected chi connectivity index (χ3v) is 1.44. The van der Waals surface area contributed by atoms with Crippen LogP contribution < -0.4 is 0 Å². The molecule has 0 fully saturated rings. The molecule has 0 amide bonds. The van der Waals surface area contributed by atoms with Crippen molar-refractivity contribution in [3.05, 3.63) is 12.3 Å². The van der Waals surface area contributed by atoms with E-state index >= 15 is 0 Å². The Balaban J connectivity index is 3.81. The Morgan fingerprint density at radius 3 is 1.90 bits per heavy atom. The first-order valence-corrected chi connectivity index (χ1v) is 3.88. The predicted molar refractivity (Wildman–Crippen MR) is 47.7 cm³/mol. The molecule has 0 unspecified atom stereocenters. The maximum Gasteiger partial charge on any atom is 0.195 e. The fourth-order valence-corrected chi connectivity index (χ4v) is 0.852. The van der Waals surface area contributed by atoms with Crippen molar-refractivity contribution < 1.29 is 0 Å². The lowest BCUT2D eigenvalue weighted by Gasteiger charge is -2.19. The summed E-state index contributed by atoms with van der Waals surface area (Å²) in [5, 5.41) is 0. The highest BCUT2D eigenvalue weighted by molar-refractivity contribution is 6.67. The van der Waals surface area contributed by atoms with Crippen molar-refractivity contribution in [2.45, 2.75) is 10.2 Å². The van der Waals surface area contributed by atoms with Gasteiger partial charge in [-0.3, -0.25) is 0 Å². The molecule has 0 aromatic rings. The summed E-state index contributed by atoms with van der Waals surface area (Å²) in [5.41, 5.74) is 0.806. The van der Waals surface area contributed by atoms with E-state index in [-0.39, 0.29) is 0 Å². The Bertz CT molecular complexity index is 125. The van der Waals surface area contributed by atoms with Crippen LogP contribution in [0.15, 0.2) is 12.3 Å². The highest BCUT2D eigenvalue weighted by Crippen LogP contribution is 2.32. The van der Waals surface area contributed by atoms with Gasteiger partial charge in [0.2, 0.25) is 0 Å². The van der Waals surface area contributed by atoms with Gasteiger partial charge in [-0.15, -0.1) is 0 Å². The van der Waals surface area contributed by atoms with Gasteiger partial charge >= 0.3 is 0 Å².